The van der Waals surface area contributed by atoms with Gasteiger partial charge in [0.25, 0.3) is 0 Å². The highest BCUT2D eigenvalue weighted by atomic mass is 35.5. The van der Waals surface area contributed by atoms with E-state index >= 15 is 0 Å². The lowest BCUT2D eigenvalue weighted by Gasteiger charge is -2.06. The van der Waals surface area contributed by atoms with Gasteiger partial charge in [-0.3, -0.25) is 0 Å². The Labute approximate surface area is 52.2 Å². The fraction of sp³-hybridized carbons (Fsp3) is 0.750. The van der Waals surface area contributed by atoms with Gasteiger partial charge in [-0.15, -0.1) is 11.6 Å². The van der Waals surface area contributed by atoms with Gasteiger partial charge in [-0.1, -0.05) is 0 Å². The van der Waals surface area contributed by atoms with E-state index in [2.05, 4.69) is 4.74 Å². The molecule has 8 heavy (non-hydrogen) atoms. The predicted octanol–water partition coefficient (Wildman–Crippen LogP) is -1.01. The lowest BCUT2D eigenvalue weighted by Crippen LogP contribution is -2.34. The van der Waals surface area contributed by atoms with Crippen molar-refractivity contribution in [1.82, 2.24) is 0 Å². The summed E-state index contributed by atoms with van der Waals surface area (Å²) in [6, 6.07) is 0. The first kappa shape index (κ1) is 7.72. The molecule has 0 radical (unpaired) electrons. The van der Waals surface area contributed by atoms with Crippen LogP contribution in [0.2, 0.25) is 0 Å². The molecule has 0 aliphatic heterocycles. The minimum absolute atomic E-state index is 0.0100. The second-order valence-electron chi connectivity index (χ2n) is 1.24. The zero-order valence-corrected chi connectivity index (χ0v) is 5.14. The minimum atomic E-state index is -1.30. The maximum absolute atomic E-state index is 9.77. The number of carboxylic acid groups (broad SMARTS) is 1. The van der Waals surface area contributed by atoms with E-state index in [1.165, 1.54) is 7.11 Å². The number of ether oxygens (including phenoxy) is 1. The summed E-state index contributed by atoms with van der Waals surface area (Å²) in [5.74, 6) is -1.30. The summed E-state index contributed by atoms with van der Waals surface area (Å²) in [4.78, 5) is 9.77. The van der Waals surface area contributed by atoms with Crippen LogP contribution >= 0.6 is 11.6 Å². The van der Waals surface area contributed by atoms with Crippen molar-refractivity contribution in [2.75, 3.05) is 13.7 Å². The van der Waals surface area contributed by atoms with E-state index in [0.29, 0.717) is 0 Å². The number of alkyl halides is 1. The maximum atomic E-state index is 9.77. The number of rotatable bonds is 3. The Bertz CT molecular complexity index is 83.4. The summed E-state index contributed by atoms with van der Waals surface area (Å²) >= 11 is 5.13. The lowest BCUT2D eigenvalue weighted by atomic mass is 10.5. The van der Waals surface area contributed by atoms with Crippen molar-refractivity contribution in [3.8, 4) is 0 Å². The number of aliphatic carboxylic acids is 1. The molecule has 0 aliphatic carbocycles. The van der Waals surface area contributed by atoms with Crippen LogP contribution in [0.3, 0.4) is 0 Å². The molecule has 0 saturated carbocycles. The fourth-order valence-corrected chi connectivity index (χ4v) is 0.340. The Morgan fingerprint density at radius 1 is 2.00 bits per heavy atom. The molecule has 1 atom stereocenters. The van der Waals surface area contributed by atoms with E-state index in [4.69, 9.17) is 11.6 Å². The summed E-state index contributed by atoms with van der Waals surface area (Å²) in [5.41, 5.74) is 0. The standard InChI is InChI=1S/C4H7ClO3/c1-8-2-3(5)4(6)7/h3H,2H2,1H3,(H,6,7)/p-1/t3-/m0/s1. The molecule has 3 nitrogen and oxygen atoms in total. The number of halogens is 1. The van der Waals surface area contributed by atoms with Crippen molar-refractivity contribution in [1.29, 1.82) is 0 Å². The van der Waals surface area contributed by atoms with Crippen LogP contribution in [-0.2, 0) is 9.53 Å². The molecule has 0 bridgehead atoms. The summed E-state index contributed by atoms with van der Waals surface area (Å²) in [6.45, 7) is -0.0100. The predicted molar refractivity (Wildman–Crippen MR) is 26.5 cm³/mol. The first-order valence-electron chi connectivity index (χ1n) is 2.02. The quantitative estimate of drug-likeness (QED) is 0.469. The van der Waals surface area contributed by atoms with Gasteiger partial charge in [0, 0.05) is 7.11 Å². The molecule has 48 valence electrons. The van der Waals surface area contributed by atoms with Crippen LogP contribution in [0.15, 0.2) is 0 Å². The molecule has 0 aromatic heterocycles. The first-order valence-corrected chi connectivity index (χ1v) is 2.46. The van der Waals surface area contributed by atoms with Crippen molar-refractivity contribution in [2.24, 2.45) is 0 Å². The van der Waals surface area contributed by atoms with Crippen LogP contribution in [0.1, 0.15) is 0 Å². The van der Waals surface area contributed by atoms with Gasteiger partial charge >= 0.3 is 0 Å². The van der Waals surface area contributed by atoms with E-state index in [9.17, 15) is 9.90 Å². The van der Waals surface area contributed by atoms with Crippen molar-refractivity contribution < 1.29 is 14.6 Å². The average Bonchev–Trinajstić information content (AvgIpc) is 1.67. The van der Waals surface area contributed by atoms with Crippen molar-refractivity contribution in [2.45, 2.75) is 5.38 Å². The van der Waals surface area contributed by atoms with Crippen molar-refractivity contribution >= 4 is 17.6 Å². The molecule has 0 amide bonds. The molecule has 0 rings (SSSR count). The molecule has 0 saturated heterocycles. The van der Waals surface area contributed by atoms with Crippen molar-refractivity contribution in [3.63, 3.8) is 0 Å². The average molecular weight is 138 g/mol. The smallest absolute Gasteiger partial charge is 0.0963 e. The highest BCUT2D eigenvalue weighted by Crippen LogP contribution is 1.92. The zero-order chi connectivity index (χ0) is 6.57. The number of carboxylic acids is 1. The fourth-order valence-electron chi connectivity index (χ4n) is 0.214. The molecular weight excluding hydrogens is 131 g/mol. The second kappa shape index (κ2) is 3.69. The maximum Gasteiger partial charge on any atom is 0.0963 e. The number of hydrogen-bond donors (Lipinski definition) is 0. The van der Waals surface area contributed by atoms with Crippen LogP contribution in [0.4, 0.5) is 0 Å². The molecular formula is C4H6ClO3-. The third-order valence-corrected chi connectivity index (χ3v) is 0.873. The largest absolute Gasteiger partial charge is 0.548 e. The molecule has 0 unspecified atom stereocenters. The first-order chi connectivity index (χ1) is 3.68. The van der Waals surface area contributed by atoms with Crippen LogP contribution in [0, 0.1) is 0 Å². The van der Waals surface area contributed by atoms with E-state index < -0.39 is 11.3 Å². The van der Waals surface area contributed by atoms with Gasteiger partial charge in [0.2, 0.25) is 0 Å². The Morgan fingerprint density at radius 2 is 2.50 bits per heavy atom. The Morgan fingerprint density at radius 3 is 2.62 bits per heavy atom. The van der Waals surface area contributed by atoms with Gasteiger partial charge in [0.05, 0.1) is 18.0 Å². The molecule has 0 spiro atoms. The van der Waals surface area contributed by atoms with Gasteiger partial charge in [-0.2, -0.15) is 0 Å². The van der Waals surface area contributed by atoms with E-state index in [1.807, 2.05) is 0 Å². The van der Waals surface area contributed by atoms with Crippen LogP contribution in [0.5, 0.6) is 0 Å². The highest BCUT2D eigenvalue weighted by Gasteiger charge is 2.01. The summed E-state index contributed by atoms with van der Waals surface area (Å²) in [5, 5.41) is 8.74. The molecule has 0 heterocycles. The Balaban J connectivity index is 3.32. The second-order valence-corrected chi connectivity index (χ2v) is 1.77. The van der Waals surface area contributed by atoms with Crippen LogP contribution in [-0.4, -0.2) is 25.1 Å². The Kier molecular flexibility index (Phi) is 3.56. The SMILES string of the molecule is COC[C@H](Cl)C(=O)[O-]. The number of hydrogen-bond acceptors (Lipinski definition) is 3. The Hall–Kier alpha value is -0.280. The molecule has 4 heteroatoms. The molecule has 0 aromatic rings. The van der Waals surface area contributed by atoms with Gasteiger partial charge in [-0.05, 0) is 0 Å². The summed E-state index contributed by atoms with van der Waals surface area (Å²) in [7, 11) is 1.37. The third kappa shape index (κ3) is 2.82. The number of methoxy groups -OCH3 is 1. The molecule has 0 aromatic carbocycles. The number of carbonyl (C=O) groups excluding carboxylic acids is 1. The third-order valence-electron chi connectivity index (χ3n) is 0.569. The van der Waals surface area contributed by atoms with E-state index in [1.54, 1.807) is 0 Å². The molecule has 0 N–H and O–H groups in total. The lowest BCUT2D eigenvalue weighted by molar-refractivity contribution is -0.305. The summed E-state index contributed by atoms with van der Waals surface area (Å²) in [6.07, 6.45) is 0. The topological polar surface area (TPSA) is 49.4 Å². The van der Waals surface area contributed by atoms with Gasteiger partial charge in [-0.25, -0.2) is 0 Å². The highest BCUT2D eigenvalue weighted by molar-refractivity contribution is 6.29. The summed E-state index contributed by atoms with van der Waals surface area (Å²) < 4.78 is 4.41. The monoisotopic (exact) mass is 137 g/mol. The van der Waals surface area contributed by atoms with E-state index in [0.717, 1.165) is 0 Å². The van der Waals surface area contributed by atoms with Crippen molar-refractivity contribution in [3.05, 3.63) is 0 Å². The minimum Gasteiger partial charge on any atom is -0.548 e. The molecule has 0 aliphatic rings. The van der Waals surface area contributed by atoms with Crippen LogP contribution < -0.4 is 5.11 Å². The van der Waals surface area contributed by atoms with Gasteiger partial charge in [0.1, 0.15) is 0 Å². The van der Waals surface area contributed by atoms with Gasteiger partial charge < -0.3 is 14.6 Å². The zero-order valence-electron chi connectivity index (χ0n) is 4.39. The van der Waals surface area contributed by atoms with E-state index in [-0.39, 0.29) is 6.61 Å². The van der Waals surface area contributed by atoms with Crippen LogP contribution in [0.25, 0.3) is 0 Å². The van der Waals surface area contributed by atoms with Gasteiger partial charge in [0.15, 0.2) is 0 Å². The normalized spacial score (nSPS) is 13.2. The number of carbonyl (C=O) groups is 1. The molecule has 0 fully saturated rings.